The molecule has 0 bridgehead atoms. The van der Waals surface area contributed by atoms with E-state index in [1.165, 1.54) is 21.9 Å². The highest BCUT2D eigenvalue weighted by Gasteiger charge is 2.00. The maximum atomic E-state index is 5.85. The summed E-state index contributed by atoms with van der Waals surface area (Å²) in [7, 11) is 0. The van der Waals surface area contributed by atoms with Gasteiger partial charge in [-0.15, -0.1) is 0 Å². The van der Waals surface area contributed by atoms with E-state index in [1.54, 1.807) is 0 Å². The first kappa shape index (κ1) is 13.2. The zero-order valence-corrected chi connectivity index (χ0v) is 12.6. The van der Waals surface area contributed by atoms with E-state index in [2.05, 4.69) is 58.4 Å². The smallest absolute Gasteiger partial charge is 0.120 e. The highest BCUT2D eigenvalue weighted by Crippen LogP contribution is 2.23. The standard InChI is InChI=1S/C18H15BrO/c19-12-15-6-7-17-11-18(9-8-16(17)10-15)20-13-14-4-2-1-3-5-14/h1-11H,12-13H2. The zero-order chi connectivity index (χ0) is 13.8. The Balaban J connectivity index is 1.79. The number of halogens is 1. The molecule has 0 heterocycles. The van der Waals surface area contributed by atoms with E-state index in [9.17, 15) is 0 Å². The lowest BCUT2D eigenvalue weighted by Crippen LogP contribution is -1.94. The Hall–Kier alpha value is -1.80. The van der Waals surface area contributed by atoms with Crippen molar-refractivity contribution in [2.24, 2.45) is 0 Å². The molecule has 100 valence electrons. The summed E-state index contributed by atoms with van der Waals surface area (Å²) in [6.45, 7) is 0.603. The molecule has 0 saturated heterocycles. The van der Waals surface area contributed by atoms with Gasteiger partial charge >= 0.3 is 0 Å². The minimum atomic E-state index is 0.603. The number of alkyl halides is 1. The van der Waals surface area contributed by atoms with E-state index >= 15 is 0 Å². The Morgan fingerprint density at radius 3 is 2.30 bits per heavy atom. The van der Waals surface area contributed by atoms with Crippen LogP contribution in [-0.4, -0.2) is 0 Å². The summed E-state index contributed by atoms with van der Waals surface area (Å²) < 4.78 is 5.85. The molecule has 3 aromatic rings. The van der Waals surface area contributed by atoms with Gasteiger partial charge in [-0.3, -0.25) is 0 Å². The van der Waals surface area contributed by atoms with Gasteiger partial charge in [0.05, 0.1) is 0 Å². The van der Waals surface area contributed by atoms with Crippen molar-refractivity contribution in [1.29, 1.82) is 0 Å². The molecule has 1 nitrogen and oxygen atoms in total. The van der Waals surface area contributed by atoms with Crippen molar-refractivity contribution in [3.8, 4) is 5.75 Å². The lowest BCUT2D eigenvalue weighted by atomic mass is 10.1. The van der Waals surface area contributed by atoms with Gasteiger partial charge in [0.15, 0.2) is 0 Å². The van der Waals surface area contributed by atoms with Crippen LogP contribution >= 0.6 is 15.9 Å². The van der Waals surface area contributed by atoms with Crippen LogP contribution in [0.5, 0.6) is 5.75 Å². The molecule has 0 amide bonds. The van der Waals surface area contributed by atoms with Crippen molar-refractivity contribution in [1.82, 2.24) is 0 Å². The number of rotatable bonds is 4. The highest BCUT2D eigenvalue weighted by atomic mass is 79.9. The summed E-state index contributed by atoms with van der Waals surface area (Å²) in [5.41, 5.74) is 2.47. The molecule has 0 aliphatic carbocycles. The molecule has 0 unspecified atom stereocenters. The second kappa shape index (κ2) is 6.10. The first-order valence-corrected chi connectivity index (χ1v) is 7.73. The molecule has 3 aromatic carbocycles. The Bertz CT molecular complexity index is 707. The van der Waals surface area contributed by atoms with Gasteiger partial charge < -0.3 is 4.74 Å². The minimum absolute atomic E-state index is 0.603. The summed E-state index contributed by atoms with van der Waals surface area (Å²) in [6.07, 6.45) is 0. The molecule has 0 radical (unpaired) electrons. The maximum absolute atomic E-state index is 5.85. The van der Waals surface area contributed by atoms with Gasteiger partial charge in [-0.2, -0.15) is 0 Å². The first-order chi connectivity index (χ1) is 9.85. The van der Waals surface area contributed by atoms with Crippen LogP contribution in [0, 0.1) is 0 Å². The molecule has 0 aliphatic heterocycles. The molecule has 0 spiro atoms. The highest BCUT2D eigenvalue weighted by molar-refractivity contribution is 9.08. The summed E-state index contributed by atoms with van der Waals surface area (Å²) in [6, 6.07) is 22.9. The minimum Gasteiger partial charge on any atom is -0.489 e. The van der Waals surface area contributed by atoms with Gasteiger partial charge in [0.2, 0.25) is 0 Å². The van der Waals surface area contributed by atoms with Crippen molar-refractivity contribution < 1.29 is 4.74 Å². The number of fused-ring (bicyclic) bond motifs is 1. The predicted octanol–water partition coefficient (Wildman–Crippen LogP) is 5.31. The van der Waals surface area contributed by atoms with Crippen LogP contribution in [-0.2, 0) is 11.9 Å². The monoisotopic (exact) mass is 326 g/mol. The lowest BCUT2D eigenvalue weighted by Gasteiger charge is -2.08. The zero-order valence-electron chi connectivity index (χ0n) is 11.1. The van der Waals surface area contributed by atoms with Gasteiger partial charge in [-0.05, 0) is 34.0 Å². The van der Waals surface area contributed by atoms with Crippen molar-refractivity contribution in [2.45, 2.75) is 11.9 Å². The van der Waals surface area contributed by atoms with Gasteiger partial charge in [0.1, 0.15) is 12.4 Å². The topological polar surface area (TPSA) is 9.23 Å². The average Bonchev–Trinajstić information content (AvgIpc) is 2.53. The fourth-order valence-electron chi connectivity index (χ4n) is 2.19. The van der Waals surface area contributed by atoms with E-state index in [-0.39, 0.29) is 0 Å². The van der Waals surface area contributed by atoms with E-state index in [1.807, 2.05) is 24.3 Å². The molecule has 3 rings (SSSR count). The van der Waals surface area contributed by atoms with Gasteiger partial charge in [-0.1, -0.05) is 70.5 Å². The molecule has 0 saturated carbocycles. The van der Waals surface area contributed by atoms with Crippen LogP contribution < -0.4 is 4.74 Å². The van der Waals surface area contributed by atoms with Crippen molar-refractivity contribution in [3.05, 3.63) is 77.9 Å². The molecular formula is C18H15BrO. The second-order valence-electron chi connectivity index (χ2n) is 4.75. The molecule has 0 atom stereocenters. The largest absolute Gasteiger partial charge is 0.489 e. The fourth-order valence-corrected chi connectivity index (χ4v) is 2.54. The molecular weight excluding hydrogens is 312 g/mol. The summed E-state index contributed by atoms with van der Waals surface area (Å²) in [4.78, 5) is 0. The third-order valence-electron chi connectivity index (χ3n) is 3.28. The second-order valence-corrected chi connectivity index (χ2v) is 5.31. The molecule has 0 aliphatic rings. The van der Waals surface area contributed by atoms with Gasteiger partial charge in [-0.25, -0.2) is 0 Å². The molecule has 0 fully saturated rings. The summed E-state index contributed by atoms with van der Waals surface area (Å²) in [5.74, 6) is 0.910. The number of ether oxygens (including phenoxy) is 1. The van der Waals surface area contributed by atoms with Crippen molar-refractivity contribution in [2.75, 3.05) is 0 Å². The number of benzene rings is 3. The Morgan fingerprint density at radius 1 is 0.750 bits per heavy atom. The number of hydrogen-bond donors (Lipinski definition) is 0. The SMILES string of the molecule is BrCc1ccc2cc(OCc3ccccc3)ccc2c1. The molecule has 0 aromatic heterocycles. The van der Waals surface area contributed by atoms with E-state index in [4.69, 9.17) is 4.74 Å². The maximum Gasteiger partial charge on any atom is 0.120 e. The quantitative estimate of drug-likeness (QED) is 0.590. The normalized spacial score (nSPS) is 10.7. The van der Waals surface area contributed by atoms with Crippen LogP contribution in [0.1, 0.15) is 11.1 Å². The Morgan fingerprint density at radius 2 is 1.50 bits per heavy atom. The van der Waals surface area contributed by atoms with Crippen LogP contribution in [0.15, 0.2) is 66.7 Å². The summed E-state index contributed by atoms with van der Waals surface area (Å²) in [5, 5.41) is 3.34. The average molecular weight is 327 g/mol. The third-order valence-corrected chi connectivity index (χ3v) is 3.93. The molecule has 0 N–H and O–H groups in total. The van der Waals surface area contributed by atoms with Crippen molar-refractivity contribution in [3.63, 3.8) is 0 Å². The fraction of sp³-hybridized carbons (Fsp3) is 0.111. The first-order valence-electron chi connectivity index (χ1n) is 6.60. The summed E-state index contributed by atoms with van der Waals surface area (Å²) >= 11 is 3.48. The Kier molecular flexibility index (Phi) is 4.03. The lowest BCUT2D eigenvalue weighted by molar-refractivity contribution is 0.306. The Labute approximate surface area is 127 Å². The van der Waals surface area contributed by atoms with Gasteiger partial charge in [0.25, 0.3) is 0 Å². The van der Waals surface area contributed by atoms with E-state index in [0.717, 1.165) is 11.1 Å². The van der Waals surface area contributed by atoms with E-state index in [0.29, 0.717) is 6.61 Å². The number of hydrogen-bond acceptors (Lipinski definition) is 1. The van der Waals surface area contributed by atoms with Crippen molar-refractivity contribution >= 4 is 26.7 Å². The van der Waals surface area contributed by atoms with Crippen LogP contribution in [0.3, 0.4) is 0 Å². The van der Waals surface area contributed by atoms with Crippen LogP contribution in [0.4, 0.5) is 0 Å². The molecule has 20 heavy (non-hydrogen) atoms. The van der Waals surface area contributed by atoms with Crippen LogP contribution in [0.25, 0.3) is 10.8 Å². The predicted molar refractivity (Wildman–Crippen MR) is 87.4 cm³/mol. The van der Waals surface area contributed by atoms with E-state index < -0.39 is 0 Å². The van der Waals surface area contributed by atoms with Crippen LogP contribution in [0.2, 0.25) is 0 Å². The van der Waals surface area contributed by atoms with Gasteiger partial charge in [0, 0.05) is 5.33 Å². The third kappa shape index (κ3) is 3.02. The molecule has 2 heteroatoms.